The molecule has 0 aliphatic carbocycles. The summed E-state index contributed by atoms with van der Waals surface area (Å²) in [5, 5.41) is 13.3. The predicted octanol–water partition coefficient (Wildman–Crippen LogP) is 0.766. The summed E-state index contributed by atoms with van der Waals surface area (Å²) in [5.41, 5.74) is 1.92. The van der Waals surface area contributed by atoms with Crippen LogP contribution in [-0.4, -0.2) is 40.4 Å². The van der Waals surface area contributed by atoms with Crippen LogP contribution >= 0.6 is 0 Å². The van der Waals surface area contributed by atoms with E-state index in [0.29, 0.717) is 13.2 Å². The SMILES string of the molecule is Cc1cc2c(N3CCOC(C#N)C3)nccn2n1. The Bertz CT molecular complexity index is 614. The Kier molecular flexibility index (Phi) is 2.61. The highest BCUT2D eigenvalue weighted by Gasteiger charge is 2.22. The van der Waals surface area contributed by atoms with Gasteiger partial charge in [0.05, 0.1) is 24.9 Å². The van der Waals surface area contributed by atoms with Crippen LogP contribution in [0.3, 0.4) is 0 Å². The minimum Gasteiger partial charge on any atom is -0.360 e. The van der Waals surface area contributed by atoms with E-state index in [2.05, 4.69) is 21.1 Å². The number of hydrogen-bond donors (Lipinski definition) is 0. The van der Waals surface area contributed by atoms with E-state index in [-0.39, 0.29) is 6.10 Å². The van der Waals surface area contributed by atoms with Crippen LogP contribution < -0.4 is 4.90 Å². The van der Waals surface area contributed by atoms with Gasteiger partial charge in [-0.1, -0.05) is 0 Å². The van der Waals surface area contributed by atoms with Crippen LogP contribution in [-0.2, 0) is 4.74 Å². The predicted molar refractivity (Wildman–Crippen MR) is 65.3 cm³/mol. The van der Waals surface area contributed by atoms with Crippen LogP contribution in [0.15, 0.2) is 18.5 Å². The van der Waals surface area contributed by atoms with E-state index in [0.717, 1.165) is 23.6 Å². The van der Waals surface area contributed by atoms with Crippen molar-refractivity contribution in [3.05, 3.63) is 24.2 Å². The van der Waals surface area contributed by atoms with E-state index in [1.54, 1.807) is 6.20 Å². The van der Waals surface area contributed by atoms with Gasteiger partial charge in [0.1, 0.15) is 5.52 Å². The van der Waals surface area contributed by atoms with Crippen LogP contribution in [0.25, 0.3) is 5.52 Å². The molecule has 2 aromatic rings. The normalized spacial score (nSPS) is 20.0. The number of aryl methyl sites for hydroxylation is 1. The van der Waals surface area contributed by atoms with Crippen molar-refractivity contribution >= 4 is 11.3 Å². The first kappa shape index (κ1) is 11.0. The average Bonchev–Trinajstić information content (AvgIpc) is 2.78. The lowest BCUT2D eigenvalue weighted by molar-refractivity contribution is 0.0762. The third-order valence-corrected chi connectivity index (χ3v) is 3.00. The van der Waals surface area contributed by atoms with Crippen molar-refractivity contribution in [2.24, 2.45) is 0 Å². The molecule has 3 rings (SSSR count). The van der Waals surface area contributed by atoms with Crippen molar-refractivity contribution < 1.29 is 4.74 Å². The highest BCUT2D eigenvalue weighted by atomic mass is 16.5. The number of fused-ring (bicyclic) bond motifs is 1. The van der Waals surface area contributed by atoms with E-state index < -0.39 is 0 Å². The summed E-state index contributed by atoms with van der Waals surface area (Å²) in [6, 6.07) is 4.14. The number of nitriles is 1. The zero-order chi connectivity index (χ0) is 12.5. The second-order valence-electron chi connectivity index (χ2n) is 4.30. The molecule has 0 aromatic carbocycles. The molecule has 3 heterocycles. The molecule has 0 N–H and O–H groups in total. The first-order valence-electron chi connectivity index (χ1n) is 5.85. The molecule has 92 valence electrons. The minimum atomic E-state index is -0.384. The Hall–Kier alpha value is -2.13. The lowest BCUT2D eigenvalue weighted by atomic mass is 10.3. The van der Waals surface area contributed by atoms with Gasteiger partial charge in [-0.3, -0.25) is 0 Å². The van der Waals surface area contributed by atoms with Gasteiger partial charge in [0.15, 0.2) is 11.9 Å². The Labute approximate surface area is 104 Å². The third kappa shape index (κ3) is 1.79. The number of nitrogens with zero attached hydrogens (tertiary/aromatic N) is 5. The number of anilines is 1. The largest absolute Gasteiger partial charge is 0.360 e. The van der Waals surface area contributed by atoms with Crippen molar-refractivity contribution in [1.29, 1.82) is 5.26 Å². The van der Waals surface area contributed by atoms with E-state index in [9.17, 15) is 0 Å². The van der Waals surface area contributed by atoms with Gasteiger partial charge in [-0.15, -0.1) is 0 Å². The third-order valence-electron chi connectivity index (χ3n) is 3.00. The smallest absolute Gasteiger partial charge is 0.161 e. The highest BCUT2D eigenvalue weighted by Crippen LogP contribution is 2.21. The van der Waals surface area contributed by atoms with Gasteiger partial charge < -0.3 is 9.64 Å². The molecular weight excluding hydrogens is 230 g/mol. The second-order valence-corrected chi connectivity index (χ2v) is 4.30. The number of aromatic nitrogens is 3. The van der Waals surface area contributed by atoms with Crippen molar-refractivity contribution in [1.82, 2.24) is 14.6 Å². The van der Waals surface area contributed by atoms with Crippen molar-refractivity contribution in [3.63, 3.8) is 0 Å². The molecule has 0 spiro atoms. The standard InChI is InChI=1S/C12H13N5O/c1-9-6-11-12(14-2-3-17(11)15-9)16-4-5-18-10(7-13)8-16/h2-3,6,10H,4-5,8H2,1H3. The van der Waals surface area contributed by atoms with Crippen molar-refractivity contribution in [2.75, 3.05) is 24.6 Å². The Balaban J connectivity index is 2.01. The number of rotatable bonds is 1. The van der Waals surface area contributed by atoms with Crippen molar-refractivity contribution in [2.45, 2.75) is 13.0 Å². The van der Waals surface area contributed by atoms with E-state index >= 15 is 0 Å². The highest BCUT2D eigenvalue weighted by molar-refractivity contribution is 5.69. The molecule has 0 bridgehead atoms. The van der Waals surface area contributed by atoms with E-state index in [4.69, 9.17) is 10.00 Å². The first-order valence-corrected chi connectivity index (χ1v) is 5.85. The first-order chi connectivity index (χ1) is 8.78. The molecule has 2 aromatic heterocycles. The molecule has 0 radical (unpaired) electrons. The fraction of sp³-hybridized carbons (Fsp3) is 0.417. The fourth-order valence-electron chi connectivity index (χ4n) is 2.19. The summed E-state index contributed by atoms with van der Waals surface area (Å²) < 4.78 is 7.16. The summed E-state index contributed by atoms with van der Waals surface area (Å²) in [4.78, 5) is 6.49. The summed E-state index contributed by atoms with van der Waals surface area (Å²) in [7, 11) is 0. The number of hydrogen-bond acceptors (Lipinski definition) is 5. The molecule has 18 heavy (non-hydrogen) atoms. The second kappa shape index (κ2) is 4.27. The van der Waals surface area contributed by atoms with Gasteiger partial charge in [0.2, 0.25) is 0 Å². The zero-order valence-corrected chi connectivity index (χ0v) is 10.1. The Morgan fingerprint density at radius 2 is 2.44 bits per heavy atom. The van der Waals surface area contributed by atoms with Crippen LogP contribution in [0.2, 0.25) is 0 Å². The topological polar surface area (TPSA) is 66.5 Å². The van der Waals surface area contributed by atoms with E-state index in [1.165, 1.54) is 0 Å². The molecular formula is C12H13N5O. The summed E-state index contributed by atoms with van der Waals surface area (Å²) >= 11 is 0. The molecule has 1 aliphatic rings. The maximum atomic E-state index is 8.93. The van der Waals surface area contributed by atoms with Gasteiger partial charge in [0.25, 0.3) is 0 Å². The summed E-state index contributed by atoms with van der Waals surface area (Å²) in [6.45, 7) is 3.80. The van der Waals surface area contributed by atoms with Gasteiger partial charge in [0, 0.05) is 18.9 Å². The fourth-order valence-corrected chi connectivity index (χ4v) is 2.19. The molecule has 0 amide bonds. The Morgan fingerprint density at radius 1 is 1.56 bits per heavy atom. The lowest BCUT2D eigenvalue weighted by Crippen LogP contribution is -2.42. The van der Waals surface area contributed by atoms with Crippen LogP contribution in [0.1, 0.15) is 5.69 Å². The minimum absolute atomic E-state index is 0.384. The lowest BCUT2D eigenvalue weighted by Gasteiger charge is -2.30. The quantitative estimate of drug-likeness (QED) is 0.740. The monoisotopic (exact) mass is 243 g/mol. The maximum absolute atomic E-state index is 8.93. The Morgan fingerprint density at radius 3 is 3.28 bits per heavy atom. The van der Waals surface area contributed by atoms with Gasteiger partial charge in [-0.25, -0.2) is 9.50 Å². The van der Waals surface area contributed by atoms with Crippen LogP contribution in [0, 0.1) is 18.3 Å². The van der Waals surface area contributed by atoms with Crippen molar-refractivity contribution in [3.8, 4) is 6.07 Å². The summed E-state index contributed by atoms with van der Waals surface area (Å²) in [6.07, 6.45) is 3.17. The molecule has 6 heteroatoms. The maximum Gasteiger partial charge on any atom is 0.161 e. The molecule has 1 saturated heterocycles. The number of morpholine rings is 1. The molecule has 1 fully saturated rings. The molecule has 1 unspecified atom stereocenters. The molecule has 1 aliphatic heterocycles. The van der Waals surface area contributed by atoms with Gasteiger partial charge in [-0.05, 0) is 13.0 Å². The molecule has 1 atom stereocenters. The van der Waals surface area contributed by atoms with E-state index in [1.807, 2.05) is 23.7 Å². The summed E-state index contributed by atoms with van der Waals surface area (Å²) in [5.74, 6) is 0.863. The number of ether oxygens (including phenoxy) is 1. The van der Waals surface area contributed by atoms with Gasteiger partial charge >= 0.3 is 0 Å². The molecule has 0 saturated carbocycles. The van der Waals surface area contributed by atoms with Crippen LogP contribution in [0.4, 0.5) is 5.82 Å². The average molecular weight is 243 g/mol. The zero-order valence-electron chi connectivity index (χ0n) is 10.1. The van der Waals surface area contributed by atoms with Crippen LogP contribution in [0.5, 0.6) is 0 Å². The van der Waals surface area contributed by atoms with Gasteiger partial charge in [-0.2, -0.15) is 10.4 Å². The molecule has 6 nitrogen and oxygen atoms in total.